The molecule has 0 aliphatic heterocycles. The van der Waals surface area contributed by atoms with E-state index in [9.17, 15) is 0 Å². The van der Waals surface area contributed by atoms with Crippen LogP contribution in [-0.2, 0) is 9.47 Å². The largest absolute Gasteiger partial charge is 0.380 e. The van der Waals surface area contributed by atoms with Crippen molar-refractivity contribution >= 4 is 0 Å². The Kier molecular flexibility index (Phi) is 10.6. The van der Waals surface area contributed by atoms with Crippen molar-refractivity contribution in [2.75, 3.05) is 46.1 Å². The third-order valence-corrected chi connectivity index (χ3v) is 2.81. The van der Waals surface area contributed by atoms with Gasteiger partial charge in [-0.3, -0.25) is 4.90 Å². The molecule has 4 heteroatoms. The molecule has 18 heavy (non-hydrogen) atoms. The summed E-state index contributed by atoms with van der Waals surface area (Å²) in [7, 11) is 0. The van der Waals surface area contributed by atoms with E-state index in [-0.39, 0.29) is 5.54 Å². The molecule has 0 radical (unpaired) electrons. The molecule has 0 aliphatic rings. The number of hydrogen-bond donors (Lipinski definition) is 1. The van der Waals surface area contributed by atoms with Crippen molar-refractivity contribution in [1.82, 2.24) is 4.90 Å². The second kappa shape index (κ2) is 10.7. The van der Waals surface area contributed by atoms with Crippen molar-refractivity contribution < 1.29 is 9.47 Å². The van der Waals surface area contributed by atoms with Crippen LogP contribution < -0.4 is 5.73 Å². The van der Waals surface area contributed by atoms with Gasteiger partial charge >= 0.3 is 0 Å². The zero-order valence-corrected chi connectivity index (χ0v) is 12.7. The van der Waals surface area contributed by atoms with Crippen LogP contribution in [0.4, 0.5) is 0 Å². The van der Waals surface area contributed by atoms with Gasteiger partial charge in [0.2, 0.25) is 0 Å². The maximum Gasteiger partial charge on any atom is 0.0593 e. The lowest BCUT2D eigenvalue weighted by molar-refractivity contribution is 0.0815. The van der Waals surface area contributed by atoms with Gasteiger partial charge in [-0.2, -0.15) is 0 Å². The zero-order chi connectivity index (χ0) is 13.9. The van der Waals surface area contributed by atoms with Crippen LogP contribution in [0.5, 0.6) is 0 Å². The van der Waals surface area contributed by atoms with Crippen LogP contribution in [0.3, 0.4) is 0 Å². The molecule has 0 fully saturated rings. The monoisotopic (exact) mass is 260 g/mol. The van der Waals surface area contributed by atoms with Crippen LogP contribution in [0.1, 0.15) is 40.5 Å². The molecule has 0 aliphatic carbocycles. The van der Waals surface area contributed by atoms with Crippen molar-refractivity contribution in [2.24, 2.45) is 5.73 Å². The van der Waals surface area contributed by atoms with Gasteiger partial charge in [-0.25, -0.2) is 0 Å². The SMILES string of the molecule is CCOCCN(CCCC(C)(C)N)CCOCC. The first-order valence-corrected chi connectivity index (χ1v) is 7.16. The van der Waals surface area contributed by atoms with Crippen molar-refractivity contribution in [3.05, 3.63) is 0 Å². The molecule has 0 aromatic heterocycles. The molecule has 4 nitrogen and oxygen atoms in total. The first kappa shape index (κ1) is 17.8. The highest BCUT2D eigenvalue weighted by atomic mass is 16.5. The van der Waals surface area contributed by atoms with Gasteiger partial charge in [0.05, 0.1) is 13.2 Å². The average Bonchev–Trinajstić information content (AvgIpc) is 2.27. The summed E-state index contributed by atoms with van der Waals surface area (Å²) in [6.45, 7) is 14.4. The lowest BCUT2D eigenvalue weighted by atomic mass is 10.00. The Morgan fingerprint density at radius 2 is 1.44 bits per heavy atom. The summed E-state index contributed by atoms with van der Waals surface area (Å²) in [5, 5.41) is 0. The summed E-state index contributed by atoms with van der Waals surface area (Å²) in [5.41, 5.74) is 5.93. The molecule has 0 rings (SSSR count). The van der Waals surface area contributed by atoms with E-state index in [0.717, 1.165) is 58.9 Å². The van der Waals surface area contributed by atoms with Crippen LogP contribution in [0.15, 0.2) is 0 Å². The highest BCUT2D eigenvalue weighted by Gasteiger charge is 2.11. The van der Waals surface area contributed by atoms with Crippen LogP contribution in [0.2, 0.25) is 0 Å². The molecule has 0 amide bonds. The van der Waals surface area contributed by atoms with E-state index in [0.29, 0.717) is 0 Å². The molecule has 0 spiro atoms. The third kappa shape index (κ3) is 12.3. The molecule has 0 unspecified atom stereocenters. The second-order valence-corrected chi connectivity index (χ2v) is 5.33. The van der Waals surface area contributed by atoms with E-state index in [2.05, 4.69) is 18.7 Å². The van der Waals surface area contributed by atoms with Gasteiger partial charge in [0, 0.05) is 31.8 Å². The van der Waals surface area contributed by atoms with E-state index in [1.807, 2.05) is 13.8 Å². The fraction of sp³-hybridized carbons (Fsp3) is 1.00. The molecular weight excluding hydrogens is 228 g/mol. The number of nitrogens with two attached hydrogens (primary N) is 1. The molecule has 0 atom stereocenters. The molecule has 110 valence electrons. The number of ether oxygens (including phenoxy) is 2. The quantitative estimate of drug-likeness (QED) is 0.544. The van der Waals surface area contributed by atoms with E-state index in [4.69, 9.17) is 15.2 Å². The van der Waals surface area contributed by atoms with E-state index >= 15 is 0 Å². The molecule has 0 aromatic rings. The Morgan fingerprint density at radius 3 is 1.83 bits per heavy atom. The van der Waals surface area contributed by atoms with Crippen LogP contribution in [-0.4, -0.2) is 56.5 Å². The van der Waals surface area contributed by atoms with Crippen LogP contribution in [0, 0.1) is 0 Å². The Labute approximate surface area is 113 Å². The highest BCUT2D eigenvalue weighted by molar-refractivity contribution is 4.72. The Morgan fingerprint density at radius 1 is 0.944 bits per heavy atom. The molecule has 0 heterocycles. The minimum absolute atomic E-state index is 0.0640. The normalized spacial score (nSPS) is 12.3. The van der Waals surface area contributed by atoms with Crippen LogP contribution in [0.25, 0.3) is 0 Å². The van der Waals surface area contributed by atoms with E-state index in [1.165, 1.54) is 0 Å². The minimum Gasteiger partial charge on any atom is -0.380 e. The third-order valence-electron chi connectivity index (χ3n) is 2.81. The molecular formula is C14H32N2O2. The van der Waals surface area contributed by atoms with Crippen molar-refractivity contribution in [3.8, 4) is 0 Å². The predicted octanol–water partition coefficient (Wildman–Crippen LogP) is 1.88. The summed E-state index contributed by atoms with van der Waals surface area (Å²) in [6, 6.07) is 0. The zero-order valence-electron chi connectivity index (χ0n) is 12.7. The number of rotatable bonds is 12. The first-order valence-electron chi connectivity index (χ1n) is 7.16. The minimum atomic E-state index is -0.0640. The predicted molar refractivity (Wildman–Crippen MR) is 76.9 cm³/mol. The Bertz CT molecular complexity index is 171. The van der Waals surface area contributed by atoms with Gasteiger partial charge in [0.25, 0.3) is 0 Å². The maximum atomic E-state index is 6.00. The van der Waals surface area contributed by atoms with Gasteiger partial charge in [-0.05, 0) is 47.1 Å². The van der Waals surface area contributed by atoms with E-state index in [1.54, 1.807) is 0 Å². The smallest absolute Gasteiger partial charge is 0.0593 e. The molecule has 0 bridgehead atoms. The van der Waals surface area contributed by atoms with Gasteiger partial charge in [-0.15, -0.1) is 0 Å². The maximum absolute atomic E-state index is 6.00. The Balaban J connectivity index is 3.80. The number of hydrogen-bond acceptors (Lipinski definition) is 4. The van der Waals surface area contributed by atoms with E-state index < -0.39 is 0 Å². The lowest BCUT2D eigenvalue weighted by Crippen LogP contribution is -2.35. The lowest BCUT2D eigenvalue weighted by Gasteiger charge is -2.24. The molecule has 0 saturated carbocycles. The summed E-state index contributed by atoms with van der Waals surface area (Å²) >= 11 is 0. The van der Waals surface area contributed by atoms with Gasteiger partial charge in [0.1, 0.15) is 0 Å². The summed E-state index contributed by atoms with van der Waals surface area (Å²) in [5.74, 6) is 0. The number of nitrogens with zero attached hydrogens (tertiary/aromatic N) is 1. The summed E-state index contributed by atoms with van der Waals surface area (Å²) < 4.78 is 10.8. The summed E-state index contributed by atoms with van der Waals surface area (Å²) in [6.07, 6.45) is 2.18. The Hall–Kier alpha value is -0.160. The highest BCUT2D eigenvalue weighted by Crippen LogP contribution is 2.07. The van der Waals surface area contributed by atoms with Crippen LogP contribution >= 0.6 is 0 Å². The second-order valence-electron chi connectivity index (χ2n) is 5.33. The first-order chi connectivity index (χ1) is 8.49. The van der Waals surface area contributed by atoms with Crippen molar-refractivity contribution in [2.45, 2.75) is 46.1 Å². The molecule has 2 N–H and O–H groups in total. The van der Waals surface area contributed by atoms with Gasteiger partial charge in [-0.1, -0.05) is 0 Å². The topological polar surface area (TPSA) is 47.7 Å². The fourth-order valence-corrected chi connectivity index (χ4v) is 1.77. The van der Waals surface area contributed by atoms with Crippen molar-refractivity contribution in [1.29, 1.82) is 0 Å². The summed E-state index contributed by atoms with van der Waals surface area (Å²) in [4.78, 5) is 2.40. The fourth-order valence-electron chi connectivity index (χ4n) is 1.77. The standard InChI is InChI=1S/C14H32N2O2/c1-5-17-12-10-16(11-13-18-6-2)9-7-8-14(3,4)15/h5-13,15H2,1-4H3. The van der Waals surface area contributed by atoms with Crippen molar-refractivity contribution in [3.63, 3.8) is 0 Å². The molecule has 0 saturated heterocycles. The van der Waals surface area contributed by atoms with Gasteiger partial charge in [0.15, 0.2) is 0 Å². The van der Waals surface area contributed by atoms with Gasteiger partial charge < -0.3 is 15.2 Å². The average molecular weight is 260 g/mol. The molecule has 0 aromatic carbocycles.